The van der Waals surface area contributed by atoms with Gasteiger partial charge < -0.3 is 5.32 Å². The van der Waals surface area contributed by atoms with Crippen LogP contribution in [-0.2, 0) is 10.0 Å². The summed E-state index contributed by atoms with van der Waals surface area (Å²) in [4.78, 5) is 0. The molecule has 0 saturated carbocycles. The number of hydrogen-bond donors (Lipinski definition) is 2. The highest BCUT2D eigenvalue weighted by Crippen LogP contribution is 2.27. The van der Waals surface area contributed by atoms with Gasteiger partial charge in [0.1, 0.15) is 0 Å². The van der Waals surface area contributed by atoms with E-state index in [9.17, 15) is 8.42 Å². The molecule has 1 aliphatic heterocycles. The van der Waals surface area contributed by atoms with Crippen LogP contribution in [0.1, 0.15) is 25.7 Å². The van der Waals surface area contributed by atoms with Gasteiger partial charge in [0.25, 0.3) is 0 Å². The molecule has 4 nitrogen and oxygen atoms in total. The van der Waals surface area contributed by atoms with E-state index in [0.29, 0.717) is 18.2 Å². The van der Waals surface area contributed by atoms with Crippen molar-refractivity contribution in [2.24, 2.45) is 0 Å². The molecule has 2 N–H and O–H groups in total. The second kappa shape index (κ2) is 7.24. The summed E-state index contributed by atoms with van der Waals surface area (Å²) in [5.74, 6) is 0.146. The Morgan fingerprint density at radius 1 is 1.30 bits per heavy atom. The zero-order chi connectivity index (χ0) is 14.6. The Balaban J connectivity index is 1.93. The normalized spacial score (nSPS) is 19.8. The van der Waals surface area contributed by atoms with Crippen molar-refractivity contribution >= 4 is 47.6 Å². The van der Waals surface area contributed by atoms with E-state index in [-0.39, 0.29) is 5.75 Å². The minimum absolute atomic E-state index is 0.146. The molecule has 0 spiro atoms. The lowest BCUT2D eigenvalue weighted by Crippen LogP contribution is -2.36. The zero-order valence-corrected chi connectivity index (χ0v) is 15.0. The van der Waals surface area contributed by atoms with Crippen LogP contribution >= 0.6 is 31.9 Å². The van der Waals surface area contributed by atoms with Crippen molar-refractivity contribution in [1.82, 2.24) is 5.32 Å². The maximum Gasteiger partial charge on any atom is 0.232 e. The molecule has 7 heteroatoms. The highest BCUT2D eigenvalue weighted by atomic mass is 79.9. The Morgan fingerprint density at radius 2 is 2.10 bits per heavy atom. The van der Waals surface area contributed by atoms with Crippen LogP contribution in [0, 0.1) is 0 Å². The fourth-order valence-corrected chi connectivity index (χ4v) is 4.75. The fraction of sp³-hybridized carbons (Fsp3) is 0.538. The summed E-state index contributed by atoms with van der Waals surface area (Å²) < 4.78 is 28.5. The summed E-state index contributed by atoms with van der Waals surface area (Å²) in [6.07, 6.45) is 4.09. The third-order valence-electron chi connectivity index (χ3n) is 3.34. The molecule has 1 saturated heterocycles. The van der Waals surface area contributed by atoms with Crippen LogP contribution in [0.15, 0.2) is 27.1 Å². The van der Waals surface area contributed by atoms with Gasteiger partial charge in [-0.25, -0.2) is 8.42 Å². The van der Waals surface area contributed by atoms with Gasteiger partial charge in [0, 0.05) is 15.0 Å². The molecule has 0 radical (unpaired) electrons. The molecule has 1 aromatic rings. The zero-order valence-electron chi connectivity index (χ0n) is 11.0. The van der Waals surface area contributed by atoms with Gasteiger partial charge in [-0.3, -0.25) is 4.72 Å². The first-order chi connectivity index (χ1) is 9.46. The van der Waals surface area contributed by atoms with Gasteiger partial charge in [-0.15, -0.1) is 0 Å². The number of hydrogen-bond acceptors (Lipinski definition) is 3. The van der Waals surface area contributed by atoms with Gasteiger partial charge in [-0.2, -0.15) is 0 Å². The van der Waals surface area contributed by atoms with Crippen LogP contribution in [0.25, 0.3) is 0 Å². The third kappa shape index (κ3) is 5.02. The van der Waals surface area contributed by atoms with Crippen molar-refractivity contribution in [3.05, 3.63) is 27.1 Å². The first kappa shape index (κ1) is 16.3. The molecule has 1 aliphatic rings. The van der Waals surface area contributed by atoms with Crippen LogP contribution in [0.3, 0.4) is 0 Å². The largest absolute Gasteiger partial charge is 0.314 e. The van der Waals surface area contributed by atoms with Crippen molar-refractivity contribution in [3.63, 3.8) is 0 Å². The number of halogens is 2. The Morgan fingerprint density at radius 3 is 2.75 bits per heavy atom. The molecular weight excluding hydrogens is 408 g/mol. The van der Waals surface area contributed by atoms with Gasteiger partial charge in [-0.05, 0) is 59.9 Å². The topological polar surface area (TPSA) is 58.2 Å². The lowest BCUT2D eigenvalue weighted by molar-refractivity contribution is 0.393. The summed E-state index contributed by atoms with van der Waals surface area (Å²) in [6.45, 7) is 0.996. The quantitative estimate of drug-likeness (QED) is 0.758. The van der Waals surface area contributed by atoms with E-state index in [0.717, 1.165) is 21.9 Å². The van der Waals surface area contributed by atoms with E-state index in [1.165, 1.54) is 12.8 Å². The minimum atomic E-state index is -3.30. The first-order valence-electron chi connectivity index (χ1n) is 6.65. The maximum atomic E-state index is 12.1. The average Bonchev–Trinajstić information content (AvgIpc) is 2.41. The Kier molecular flexibility index (Phi) is 5.89. The summed E-state index contributed by atoms with van der Waals surface area (Å²) >= 11 is 6.70. The van der Waals surface area contributed by atoms with Crippen LogP contribution in [0.2, 0.25) is 0 Å². The molecule has 1 atom stereocenters. The van der Waals surface area contributed by atoms with Crippen molar-refractivity contribution in [2.75, 3.05) is 17.0 Å². The number of sulfonamides is 1. The lowest BCUT2D eigenvalue weighted by Gasteiger charge is -2.23. The number of nitrogens with one attached hydrogen (secondary N) is 2. The van der Waals surface area contributed by atoms with E-state index in [2.05, 4.69) is 41.9 Å². The maximum absolute atomic E-state index is 12.1. The highest BCUT2D eigenvalue weighted by molar-refractivity contribution is 9.11. The predicted molar refractivity (Wildman–Crippen MR) is 89.5 cm³/mol. The number of piperidine rings is 1. The van der Waals surface area contributed by atoms with Gasteiger partial charge in [0.05, 0.1) is 11.4 Å². The summed E-state index contributed by atoms with van der Waals surface area (Å²) in [6, 6.07) is 5.70. The molecule has 1 aromatic carbocycles. The van der Waals surface area contributed by atoms with Crippen molar-refractivity contribution in [1.29, 1.82) is 0 Å². The molecule has 2 rings (SSSR count). The van der Waals surface area contributed by atoms with Crippen molar-refractivity contribution in [3.8, 4) is 0 Å². The van der Waals surface area contributed by atoms with Crippen LogP contribution in [0.5, 0.6) is 0 Å². The van der Waals surface area contributed by atoms with E-state index in [4.69, 9.17) is 0 Å². The van der Waals surface area contributed by atoms with E-state index < -0.39 is 10.0 Å². The summed E-state index contributed by atoms with van der Waals surface area (Å²) in [5.41, 5.74) is 0.574. The van der Waals surface area contributed by atoms with Gasteiger partial charge in [-0.1, -0.05) is 22.4 Å². The summed E-state index contributed by atoms with van der Waals surface area (Å²) in [5, 5.41) is 3.37. The smallest absolute Gasteiger partial charge is 0.232 e. The van der Waals surface area contributed by atoms with Crippen LogP contribution in [0.4, 0.5) is 5.69 Å². The molecule has 0 aliphatic carbocycles. The Labute approximate surface area is 137 Å². The molecule has 20 heavy (non-hydrogen) atoms. The number of rotatable bonds is 5. The van der Waals surface area contributed by atoms with Gasteiger partial charge in [0.2, 0.25) is 10.0 Å². The predicted octanol–water partition coefficient (Wildman–Crippen LogP) is 3.49. The van der Waals surface area contributed by atoms with E-state index in [1.807, 2.05) is 12.1 Å². The van der Waals surface area contributed by atoms with E-state index in [1.54, 1.807) is 6.07 Å². The van der Waals surface area contributed by atoms with Crippen LogP contribution < -0.4 is 10.0 Å². The average molecular weight is 426 g/mol. The van der Waals surface area contributed by atoms with Crippen molar-refractivity contribution < 1.29 is 8.42 Å². The molecule has 112 valence electrons. The number of anilines is 1. The minimum Gasteiger partial charge on any atom is -0.314 e. The van der Waals surface area contributed by atoms with Gasteiger partial charge >= 0.3 is 0 Å². The molecule has 1 heterocycles. The SMILES string of the molecule is O=S(=O)(CCC1CCCCN1)Nc1ccc(Br)cc1Br. The molecular formula is C13H18Br2N2O2S. The number of benzene rings is 1. The first-order valence-corrected chi connectivity index (χ1v) is 9.89. The Bertz CT molecular complexity index is 557. The Hall–Kier alpha value is -0.110. The molecule has 0 bridgehead atoms. The molecule has 1 fully saturated rings. The summed E-state index contributed by atoms with van der Waals surface area (Å²) in [7, 11) is -3.30. The van der Waals surface area contributed by atoms with Gasteiger partial charge in [0.15, 0.2) is 0 Å². The lowest BCUT2D eigenvalue weighted by atomic mass is 10.0. The molecule has 0 amide bonds. The van der Waals surface area contributed by atoms with E-state index >= 15 is 0 Å². The highest BCUT2D eigenvalue weighted by Gasteiger charge is 2.18. The van der Waals surface area contributed by atoms with Crippen molar-refractivity contribution in [2.45, 2.75) is 31.7 Å². The molecule has 0 aromatic heterocycles. The fourth-order valence-electron chi connectivity index (χ4n) is 2.26. The second-order valence-corrected chi connectivity index (χ2v) is 8.59. The van der Waals surface area contributed by atoms with Crippen LogP contribution in [-0.4, -0.2) is 26.8 Å². The monoisotopic (exact) mass is 424 g/mol. The third-order valence-corrected chi connectivity index (χ3v) is 5.80. The molecule has 1 unspecified atom stereocenters. The second-order valence-electron chi connectivity index (χ2n) is 4.98. The standard InChI is InChI=1S/C13H18Br2N2O2S/c14-10-4-5-13(12(15)9-10)17-20(18,19)8-6-11-3-1-2-7-16-11/h4-5,9,11,16-17H,1-3,6-8H2.